The predicted octanol–water partition coefficient (Wildman–Crippen LogP) is 1.90. The van der Waals surface area contributed by atoms with Crippen LogP contribution in [0.2, 0.25) is 0 Å². The predicted molar refractivity (Wildman–Crippen MR) is 72.9 cm³/mol. The third-order valence-corrected chi connectivity index (χ3v) is 4.17. The Hall–Kier alpha value is -1.34. The first kappa shape index (κ1) is 13.1. The van der Waals surface area contributed by atoms with Gasteiger partial charge in [-0.25, -0.2) is 0 Å². The van der Waals surface area contributed by atoms with Crippen LogP contribution in [0.15, 0.2) is 40.2 Å². The lowest BCUT2D eigenvalue weighted by molar-refractivity contribution is -0.117. The monoisotopic (exact) mass is 326 g/mol. The number of carbonyl (C=O) groups excluding carboxylic acids is 1. The van der Waals surface area contributed by atoms with E-state index in [4.69, 9.17) is 5.73 Å². The number of amides is 1. The summed E-state index contributed by atoms with van der Waals surface area (Å²) in [7, 11) is 1.82. The second kappa shape index (κ2) is 5.53. The molecule has 0 saturated heterocycles. The molecule has 2 aromatic rings. The van der Waals surface area contributed by atoms with Gasteiger partial charge in [-0.15, -0.1) is 10.2 Å². The maximum absolute atomic E-state index is 11.6. The summed E-state index contributed by atoms with van der Waals surface area (Å²) in [4.78, 5) is 11.6. The number of aryl methyl sites for hydroxylation is 1. The summed E-state index contributed by atoms with van der Waals surface area (Å²) >= 11 is 4.64. The molecule has 0 bridgehead atoms. The molecule has 0 radical (unpaired) electrons. The Balaban J connectivity index is 2.27. The van der Waals surface area contributed by atoms with E-state index in [1.54, 1.807) is 10.9 Å². The van der Waals surface area contributed by atoms with Gasteiger partial charge in [0.1, 0.15) is 11.6 Å². The van der Waals surface area contributed by atoms with Crippen molar-refractivity contribution in [2.24, 2.45) is 12.8 Å². The van der Waals surface area contributed by atoms with Crippen LogP contribution in [0.1, 0.15) is 10.8 Å². The van der Waals surface area contributed by atoms with Crippen molar-refractivity contribution in [1.29, 1.82) is 0 Å². The minimum Gasteiger partial charge on any atom is -0.368 e. The third-order valence-electron chi connectivity index (χ3n) is 2.32. The van der Waals surface area contributed by atoms with Gasteiger partial charge < -0.3 is 10.3 Å². The summed E-state index contributed by atoms with van der Waals surface area (Å²) < 4.78 is 2.71. The largest absolute Gasteiger partial charge is 0.368 e. The van der Waals surface area contributed by atoms with Crippen molar-refractivity contribution in [3.8, 4) is 0 Å². The normalized spacial score (nSPS) is 12.3. The zero-order chi connectivity index (χ0) is 13.1. The topological polar surface area (TPSA) is 73.8 Å². The smallest absolute Gasteiger partial charge is 0.235 e. The molecule has 0 fully saturated rings. The van der Waals surface area contributed by atoms with E-state index in [0.29, 0.717) is 5.16 Å². The maximum Gasteiger partial charge on any atom is 0.235 e. The van der Waals surface area contributed by atoms with Crippen molar-refractivity contribution in [3.63, 3.8) is 0 Å². The molecule has 2 rings (SSSR count). The first-order chi connectivity index (χ1) is 8.58. The molecule has 1 aromatic heterocycles. The summed E-state index contributed by atoms with van der Waals surface area (Å²) in [6, 6.07) is 7.48. The average Bonchev–Trinajstić information content (AvgIpc) is 2.73. The third kappa shape index (κ3) is 2.91. The van der Waals surface area contributed by atoms with E-state index in [1.807, 2.05) is 31.3 Å². The van der Waals surface area contributed by atoms with Gasteiger partial charge in [0, 0.05) is 11.5 Å². The van der Waals surface area contributed by atoms with Crippen LogP contribution in [0, 0.1) is 0 Å². The van der Waals surface area contributed by atoms with Gasteiger partial charge >= 0.3 is 0 Å². The number of nitrogens with two attached hydrogens (primary N) is 1. The Bertz CT molecular complexity index is 554. The zero-order valence-electron chi connectivity index (χ0n) is 9.58. The van der Waals surface area contributed by atoms with Gasteiger partial charge in [-0.05, 0) is 17.7 Å². The molecule has 1 unspecified atom stereocenters. The first-order valence-electron chi connectivity index (χ1n) is 5.13. The van der Waals surface area contributed by atoms with Crippen molar-refractivity contribution >= 4 is 33.6 Å². The average molecular weight is 327 g/mol. The molecular weight excluding hydrogens is 316 g/mol. The molecule has 0 spiro atoms. The molecule has 94 valence electrons. The standard InChI is InChI=1S/C11H11BrN4OS/c1-16-6-14-15-11(16)18-9(10(13)17)7-2-4-8(12)5-3-7/h2-6,9H,1H3,(H2,13,17). The highest BCUT2D eigenvalue weighted by molar-refractivity contribution is 9.10. The summed E-state index contributed by atoms with van der Waals surface area (Å²) in [5.74, 6) is -0.398. The molecule has 1 heterocycles. The van der Waals surface area contributed by atoms with E-state index >= 15 is 0 Å². The van der Waals surface area contributed by atoms with Crippen LogP contribution >= 0.6 is 27.7 Å². The van der Waals surface area contributed by atoms with Crippen molar-refractivity contribution in [1.82, 2.24) is 14.8 Å². The van der Waals surface area contributed by atoms with Gasteiger partial charge in [-0.1, -0.05) is 39.8 Å². The Morgan fingerprint density at radius 1 is 1.44 bits per heavy atom. The molecule has 0 aliphatic heterocycles. The SMILES string of the molecule is Cn1cnnc1SC(C(N)=O)c1ccc(Br)cc1. The van der Waals surface area contributed by atoms with Crippen LogP contribution in [-0.4, -0.2) is 20.7 Å². The minimum atomic E-state index is -0.471. The van der Waals surface area contributed by atoms with Crippen LogP contribution < -0.4 is 5.73 Å². The molecule has 0 aliphatic rings. The molecule has 2 N–H and O–H groups in total. The highest BCUT2D eigenvalue weighted by Gasteiger charge is 2.21. The van der Waals surface area contributed by atoms with Gasteiger partial charge in [-0.2, -0.15) is 0 Å². The van der Waals surface area contributed by atoms with Crippen molar-refractivity contribution in [2.75, 3.05) is 0 Å². The number of hydrogen-bond acceptors (Lipinski definition) is 4. The number of benzene rings is 1. The quantitative estimate of drug-likeness (QED) is 0.871. The fourth-order valence-corrected chi connectivity index (χ4v) is 2.60. The van der Waals surface area contributed by atoms with E-state index in [-0.39, 0.29) is 0 Å². The Morgan fingerprint density at radius 2 is 2.11 bits per heavy atom. The van der Waals surface area contributed by atoms with E-state index in [2.05, 4.69) is 26.1 Å². The summed E-state index contributed by atoms with van der Waals surface area (Å²) in [6.45, 7) is 0. The number of primary amides is 1. The number of carbonyl (C=O) groups is 1. The number of halogens is 1. The molecule has 0 aliphatic carbocycles. The van der Waals surface area contributed by atoms with Crippen LogP contribution in [0.5, 0.6) is 0 Å². The van der Waals surface area contributed by atoms with Crippen LogP contribution in [0.3, 0.4) is 0 Å². The van der Waals surface area contributed by atoms with Gasteiger partial charge in [0.05, 0.1) is 0 Å². The lowest BCUT2D eigenvalue weighted by Crippen LogP contribution is -2.19. The molecule has 7 heteroatoms. The minimum absolute atomic E-state index is 0.398. The number of rotatable bonds is 4. The molecule has 1 atom stereocenters. The fourth-order valence-electron chi connectivity index (χ4n) is 1.41. The van der Waals surface area contributed by atoms with Crippen LogP contribution in [0.25, 0.3) is 0 Å². The summed E-state index contributed by atoms with van der Waals surface area (Å²) in [5.41, 5.74) is 6.29. The van der Waals surface area contributed by atoms with Crippen molar-refractivity contribution < 1.29 is 4.79 Å². The van der Waals surface area contributed by atoms with Crippen molar-refractivity contribution in [2.45, 2.75) is 10.4 Å². The summed E-state index contributed by atoms with van der Waals surface area (Å²) in [6.07, 6.45) is 1.59. The van der Waals surface area contributed by atoms with E-state index in [9.17, 15) is 4.79 Å². The molecule has 5 nitrogen and oxygen atoms in total. The number of nitrogens with zero attached hydrogens (tertiary/aromatic N) is 3. The Kier molecular flexibility index (Phi) is 4.03. The Labute approximate surface area is 117 Å². The highest BCUT2D eigenvalue weighted by atomic mass is 79.9. The molecule has 1 amide bonds. The second-order valence-corrected chi connectivity index (χ2v) is 5.66. The van der Waals surface area contributed by atoms with Crippen molar-refractivity contribution in [3.05, 3.63) is 40.6 Å². The molecule has 1 aromatic carbocycles. The van der Waals surface area contributed by atoms with Gasteiger partial charge in [0.15, 0.2) is 5.16 Å². The van der Waals surface area contributed by atoms with Gasteiger partial charge in [0.25, 0.3) is 0 Å². The van der Waals surface area contributed by atoms with E-state index < -0.39 is 11.2 Å². The number of thioether (sulfide) groups is 1. The maximum atomic E-state index is 11.6. The van der Waals surface area contributed by atoms with Crippen LogP contribution in [-0.2, 0) is 11.8 Å². The zero-order valence-corrected chi connectivity index (χ0v) is 12.0. The molecule has 18 heavy (non-hydrogen) atoms. The van der Waals surface area contributed by atoms with Gasteiger partial charge in [0.2, 0.25) is 5.91 Å². The first-order valence-corrected chi connectivity index (χ1v) is 6.80. The highest BCUT2D eigenvalue weighted by Crippen LogP contribution is 2.33. The molecular formula is C11H11BrN4OS. The fraction of sp³-hybridized carbons (Fsp3) is 0.182. The lowest BCUT2D eigenvalue weighted by atomic mass is 10.1. The number of hydrogen-bond donors (Lipinski definition) is 1. The Morgan fingerprint density at radius 3 is 2.61 bits per heavy atom. The molecule has 0 saturated carbocycles. The number of aromatic nitrogens is 3. The van der Waals surface area contributed by atoms with E-state index in [1.165, 1.54) is 11.8 Å². The van der Waals surface area contributed by atoms with Crippen LogP contribution in [0.4, 0.5) is 0 Å². The van der Waals surface area contributed by atoms with E-state index in [0.717, 1.165) is 10.0 Å². The summed E-state index contributed by atoms with van der Waals surface area (Å²) in [5, 5.41) is 7.90. The van der Waals surface area contributed by atoms with Gasteiger partial charge in [-0.3, -0.25) is 4.79 Å². The second-order valence-electron chi connectivity index (χ2n) is 3.68. The lowest BCUT2D eigenvalue weighted by Gasteiger charge is -2.12.